The van der Waals surface area contributed by atoms with Crippen LogP contribution < -0.4 is 11.1 Å². The van der Waals surface area contributed by atoms with Gasteiger partial charge in [0.05, 0.1) is 17.7 Å². The van der Waals surface area contributed by atoms with Crippen molar-refractivity contribution in [1.29, 1.82) is 0 Å². The van der Waals surface area contributed by atoms with E-state index in [4.69, 9.17) is 22.7 Å². The second-order valence-electron chi connectivity index (χ2n) is 5.43. The second kappa shape index (κ2) is 5.06. The number of nitrogens with one attached hydrogen (secondary N) is 1. The molecule has 0 spiro atoms. The summed E-state index contributed by atoms with van der Waals surface area (Å²) in [7, 11) is 0. The normalized spacial score (nSPS) is 26.4. The Morgan fingerprint density at radius 3 is 2.89 bits per heavy atom. The Morgan fingerprint density at radius 2 is 2.21 bits per heavy atom. The maximum atomic E-state index is 5.84. The molecule has 0 amide bonds. The van der Waals surface area contributed by atoms with Crippen LogP contribution in [-0.4, -0.2) is 28.7 Å². The Kier molecular flexibility index (Phi) is 3.41. The summed E-state index contributed by atoms with van der Waals surface area (Å²) in [4.78, 5) is 4.92. The van der Waals surface area contributed by atoms with E-state index >= 15 is 0 Å². The maximum absolute atomic E-state index is 5.84. The van der Waals surface area contributed by atoms with Gasteiger partial charge in [-0.25, -0.2) is 4.98 Å². The number of thiocarbonyl (C=S) groups is 1. The van der Waals surface area contributed by atoms with Crippen molar-refractivity contribution >= 4 is 23.0 Å². The van der Waals surface area contributed by atoms with Crippen molar-refractivity contribution in [2.75, 3.05) is 11.9 Å². The number of anilines is 1. The predicted octanol–water partition coefficient (Wildman–Crippen LogP) is 2.00. The van der Waals surface area contributed by atoms with Gasteiger partial charge in [0.15, 0.2) is 0 Å². The lowest BCUT2D eigenvalue weighted by Gasteiger charge is -2.21. The highest BCUT2D eigenvalue weighted by molar-refractivity contribution is 7.80. The fourth-order valence-electron chi connectivity index (χ4n) is 2.70. The Labute approximate surface area is 118 Å². The number of pyridine rings is 1. The summed E-state index contributed by atoms with van der Waals surface area (Å²) in [6, 6.07) is 4.20. The van der Waals surface area contributed by atoms with Gasteiger partial charge in [0.25, 0.3) is 0 Å². The molecule has 19 heavy (non-hydrogen) atoms. The summed E-state index contributed by atoms with van der Waals surface area (Å²) in [5.74, 6) is 1.52. The van der Waals surface area contributed by atoms with Gasteiger partial charge < -0.3 is 15.8 Å². The Bertz CT molecular complexity index is 501. The number of hydrogen-bond acceptors (Lipinski definition) is 4. The Morgan fingerprint density at radius 1 is 1.42 bits per heavy atom. The molecule has 1 saturated carbocycles. The van der Waals surface area contributed by atoms with Gasteiger partial charge in [0.2, 0.25) is 0 Å². The molecule has 1 aromatic heterocycles. The molecular weight excluding hydrogens is 258 g/mol. The van der Waals surface area contributed by atoms with E-state index in [-0.39, 0.29) is 0 Å². The minimum absolute atomic E-state index is 0.321. The maximum Gasteiger partial charge on any atom is 0.136 e. The van der Waals surface area contributed by atoms with Gasteiger partial charge in [0.1, 0.15) is 10.8 Å². The molecule has 3 rings (SSSR count). The molecule has 0 aromatic carbocycles. The van der Waals surface area contributed by atoms with Crippen molar-refractivity contribution in [2.45, 2.75) is 38.3 Å². The number of ether oxygens (including phenoxy) is 1. The predicted molar refractivity (Wildman–Crippen MR) is 79.4 cm³/mol. The molecule has 2 atom stereocenters. The smallest absolute Gasteiger partial charge is 0.136 e. The van der Waals surface area contributed by atoms with Crippen molar-refractivity contribution < 1.29 is 4.74 Å². The molecule has 1 aromatic rings. The van der Waals surface area contributed by atoms with Gasteiger partial charge in [-0.2, -0.15) is 0 Å². The van der Waals surface area contributed by atoms with Gasteiger partial charge in [-0.3, -0.25) is 0 Å². The van der Waals surface area contributed by atoms with Crippen molar-refractivity contribution in [3.8, 4) is 0 Å². The SMILES string of the molecule is Cc1ccc(C(N)=S)c(NC2CCOC2C2CC2)n1. The van der Waals surface area contributed by atoms with Crippen LogP contribution in [0.5, 0.6) is 0 Å². The summed E-state index contributed by atoms with van der Waals surface area (Å²) in [6.07, 6.45) is 3.91. The third kappa shape index (κ3) is 2.72. The van der Waals surface area contributed by atoms with Crippen molar-refractivity contribution in [3.05, 3.63) is 23.4 Å². The number of nitrogens with two attached hydrogens (primary N) is 1. The molecule has 0 radical (unpaired) electrons. The van der Waals surface area contributed by atoms with Crippen LogP contribution in [0, 0.1) is 12.8 Å². The lowest BCUT2D eigenvalue weighted by Crippen LogP contribution is -2.32. The number of hydrogen-bond donors (Lipinski definition) is 2. The van der Waals surface area contributed by atoms with Crippen LogP contribution in [0.25, 0.3) is 0 Å². The van der Waals surface area contributed by atoms with Crippen LogP contribution in [0.4, 0.5) is 5.82 Å². The topological polar surface area (TPSA) is 60.2 Å². The first kappa shape index (κ1) is 12.8. The van der Waals surface area contributed by atoms with Crippen LogP contribution in [-0.2, 0) is 4.74 Å². The average molecular weight is 277 g/mol. The van der Waals surface area contributed by atoms with Crippen LogP contribution in [0.3, 0.4) is 0 Å². The monoisotopic (exact) mass is 277 g/mol. The summed E-state index contributed by atoms with van der Waals surface area (Å²) in [6.45, 7) is 2.80. The highest BCUT2D eigenvalue weighted by Crippen LogP contribution is 2.39. The van der Waals surface area contributed by atoms with Gasteiger partial charge in [-0.1, -0.05) is 12.2 Å². The lowest BCUT2D eigenvalue weighted by atomic mass is 10.1. The summed E-state index contributed by atoms with van der Waals surface area (Å²) in [5, 5.41) is 3.50. The highest BCUT2D eigenvalue weighted by atomic mass is 32.1. The molecule has 102 valence electrons. The second-order valence-corrected chi connectivity index (χ2v) is 5.87. The highest BCUT2D eigenvalue weighted by Gasteiger charge is 2.40. The minimum atomic E-state index is 0.321. The van der Waals surface area contributed by atoms with E-state index in [1.54, 1.807) is 0 Å². The first-order valence-electron chi connectivity index (χ1n) is 6.81. The number of rotatable bonds is 4. The van der Waals surface area contributed by atoms with E-state index < -0.39 is 0 Å². The molecule has 0 bridgehead atoms. The summed E-state index contributed by atoms with van der Waals surface area (Å²) >= 11 is 5.09. The zero-order valence-electron chi connectivity index (χ0n) is 11.1. The quantitative estimate of drug-likeness (QED) is 0.824. The zero-order valence-corrected chi connectivity index (χ0v) is 11.9. The van der Waals surface area contributed by atoms with Crippen molar-refractivity contribution in [3.63, 3.8) is 0 Å². The van der Waals surface area contributed by atoms with E-state index in [0.717, 1.165) is 36.0 Å². The molecule has 1 aliphatic heterocycles. The van der Waals surface area contributed by atoms with Crippen LogP contribution in [0.15, 0.2) is 12.1 Å². The number of aromatic nitrogens is 1. The molecule has 3 N–H and O–H groups in total. The van der Waals surface area contributed by atoms with Gasteiger partial charge >= 0.3 is 0 Å². The third-order valence-corrected chi connectivity index (χ3v) is 4.06. The van der Waals surface area contributed by atoms with Crippen LogP contribution in [0.1, 0.15) is 30.5 Å². The summed E-state index contributed by atoms with van der Waals surface area (Å²) < 4.78 is 5.84. The first-order chi connectivity index (χ1) is 9.15. The molecule has 2 unspecified atom stereocenters. The molecule has 1 saturated heterocycles. The largest absolute Gasteiger partial charge is 0.389 e. The fraction of sp³-hybridized carbons (Fsp3) is 0.571. The summed E-state index contributed by atoms with van der Waals surface area (Å²) in [5.41, 5.74) is 7.55. The van der Waals surface area contributed by atoms with Gasteiger partial charge in [-0.15, -0.1) is 0 Å². The Balaban J connectivity index is 1.81. The minimum Gasteiger partial charge on any atom is -0.389 e. The van der Waals surface area contributed by atoms with Crippen molar-refractivity contribution in [1.82, 2.24) is 4.98 Å². The van der Waals surface area contributed by atoms with Gasteiger partial charge in [-0.05, 0) is 44.2 Å². The molecule has 5 heteroatoms. The molecule has 2 aliphatic rings. The van der Waals surface area contributed by atoms with E-state index in [0.29, 0.717) is 17.1 Å². The van der Waals surface area contributed by atoms with E-state index in [2.05, 4.69) is 10.3 Å². The molecular formula is C14H19N3OS. The molecule has 4 nitrogen and oxygen atoms in total. The lowest BCUT2D eigenvalue weighted by molar-refractivity contribution is 0.0898. The van der Waals surface area contributed by atoms with Gasteiger partial charge in [0, 0.05) is 12.3 Å². The van der Waals surface area contributed by atoms with E-state index in [9.17, 15) is 0 Å². The van der Waals surface area contributed by atoms with E-state index in [1.807, 2.05) is 19.1 Å². The number of aryl methyl sites for hydroxylation is 1. The number of nitrogens with zero attached hydrogens (tertiary/aromatic N) is 1. The Hall–Kier alpha value is -1.20. The third-order valence-electron chi connectivity index (χ3n) is 3.84. The van der Waals surface area contributed by atoms with Crippen LogP contribution >= 0.6 is 12.2 Å². The average Bonchev–Trinajstić information content (AvgIpc) is 3.10. The fourth-order valence-corrected chi connectivity index (χ4v) is 2.86. The van der Waals surface area contributed by atoms with Crippen LogP contribution in [0.2, 0.25) is 0 Å². The zero-order chi connectivity index (χ0) is 13.4. The molecule has 2 heterocycles. The molecule has 1 aliphatic carbocycles. The van der Waals surface area contributed by atoms with Crippen molar-refractivity contribution in [2.24, 2.45) is 11.7 Å². The standard InChI is InChI=1S/C14H19N3OS/c1-8-2-5-10(13(15)19)14(16-8)17-11-6-7-18-12(11)9-3-4-9/h2,5,9,11-12H,3-4,6-7H2,1H3,(H2,15,19)(H,16,17). The van der Waals surface area contributed by atoms with E-state index in [1.165, 1.54) is 12.8 Å². The first-order valence-corrected chi connectivity index (χ1v) is 7.21. The molecule has 2 fully saturated rings.